The van der Waals surface area contributed by atoms with Crippen LogP contribution in [0.25, 0.3) is 0 Å². The second kappa shape index (κ2) is 14.3. The van der Waals surface area contributed by atoms with Crippen molar-refractivity contribution in [2.45, 2.75) is 45.7 Å². The van der Waals surface area contributed by atoms with E-state index in [0.717, 1.165) is 16.7 Å². The summed E-state index contributed by atoms with van der Waals surface area (Å²) in [7, 11) is 1.59. The summed E-state index contributed by atoms with van der Waals surface area (Å²) in [5, 5.41) is 3.33. The number of hydrogen-bond acceptors (Lipinski definition) is 4. The van der Waals surface area contributed by atoms with Gasteiger partial charge >= 0.3 is 0 Å². The van der Waals surface area contributed by atoms with Gasteiger partial charge in [-0.05, 0) is 61.2 Å². The van der Waals surface area contributed by atoms with Crippen molar-refractivity contribution in [1.29, 1.82) is 0 Å². The van der Waals surface area contributed by atoms with Gasteiger partial charge in [-0.15, -0.1) is 0 Å². The van der Waals surface area contributed by atoms with E-state index in [9.17, 15) is 9.59 Å². The number of benzene rings is 3. The lowest BCUT2D eigenvalue weighted by molar-refractivity contribution is -0.141. The van der Waals surface area contributed by atoms with Crippen LogP contribution in [0.3, 0.4) is 0 Å². The lowest BCUT2D eigenvalue weighted by Crippen LogP contribution is -2.49. The van der Waals surface area contributed by atoms with Crippen LogP contribution in [0.5, 0.6) is 11.5 Å². The summed E-state index contributed by atoms with van der Waals surface area (Å²) >= 11 is 6.22. The number of hydrogen-bond donors (Lipinski definition) is 1. The number of aryl methyl sites for hydroxylation is 1. The van der Waals surface area contributed by atoms with Crippen molar-refractivity contribution < 1.29 is 19.1 Å². The molecule has 0 saturated carbocycles. The molecule has 0 aromatic heterocycles. The van der Waals surface area contributed by atoms with Gasteiger partial charge in [0.25, 0.3) is 0 Å². The zero-order valence-electron chi connectivity index (χ0n) is 21.7. The van der Waals surface area contributed by atoms with E-state index in [1.807, 2.05) is 80.6 Å². The van der Waals surface area contributed by atoms with Gasteiger partial charge in [-0.3, -0.25) is 9.59 Å². The molecule has 0 aliphatic rings. The molecular formula is C30H35ClN2O4. The summed E-state index contributed by atoms with van der Waals surface area (Å²) in [5.74, 6) is 1.03. The Bertz CT molecular complexity index is 1170. The Morgan fingerprint density at radius 2 is 1.57 bits per heavy atom. The maximum Gasteiger partial charge on any atom is 0.242 e. The summed E-state index contributed by atoms with van der Waals surface area (Å²) in [6.07, 6.45) is 1.15. The van der Waals surface area contributed by atoms with Gasteiger partial charge in [-0.1, -0.05) is 60.1 Å². The summed E-state index contributed by atoms with van der Waals surface area (Å²) in [6.45, 7) is 5.18. The standard InChI is InChI=1S/C30H35ClN2O4/c1-4-36-27-16-14-23(20-28(27)37-5-2)15-17-29(34)33(21-24-12-9-13-25(31)18-24)26(30(35)32-3)19-22-10-7-6-8-11-22/h6-14,16,18,20,26H,4-5,15,17,19,21H2,1-3H3,(H,32,35). The van der Waals surface area contributed by atoms with Crippen LogP contribution in [0, 0.1) is 0 Å². The lowest BCUT2D eigenvalue weighted by atomic mass is 10.0. The molecule has 1 N–H and O–H groups in total. The average molecular weight is 523 g/mol. The van der Waals surface area contributed by atoms with Crippen LogP contribution in [-0.2, 0) is 29.0 Å². The van der Waals surface area contributed by atoms with Gasteiger partial charge < -0.3 is 19.7 Å². The number of rotatable bonds is 13. The molecule has 0 heterocycles. The van der Waals surface area contributed by atoms with E-state index in [-0.39, 0.29) is 24.8 Å². The van der Waals surface area contributed by atoms with Gasteiger partial charge in [-0.2, -0.15) is 0 Å². The van der Waals surface area contributed by atoms with Crippen LogP contribution in [0.4, 0.5) is 0 Å². The molecule has 0 radical (unpaired) electrons. The van der Waals surface area contributed by atoms with Crippen molar-refractivity contribution in [3.05, 3.63) is 94.5 Å². The molecule has 6 nitrogen and oxygen atoms in total. The zero-order valence-corrected chi connectivity index (χ0v) is 22.5. The van der Waals surface area contributed by atoms with Gasteiger partial charge in [0, 0.05) is 31.5 Å². The number of carbonyl (C=O) groups is 2. The predicted octanol–water partition coefficient (Wildman–Crippen LogP) is 5.46. The second-order valence-electron chi connectivity index (χ2n) is 8.62. The second-order valence-corrected chi connectivity index (χ2v) is 9.05. The molecule has 0 aliphatic heterocycles. The van der Waals surface area contributed by atoms with Crippen LogP contribution >= 0.6 is 11.6 Å². The highest BCUT2D eigenvalue weighted by Gasteiger charge is 2.29. The van der Waals surface area contributed by atoms with Crippen molar-refractivity contribution in [1.82, 2.24) is 10.2 Å². The number of amides is 2. The summed E-state index contributed by atoms with van der Waals surface area (Å²) in [4.78, 5) is 28.4. The molecule has 0 bridgehead atoms. The quantitative estimate of drug-likeness (QED) is 0.324. The topological polar surface area (TPSA) is 67.9 Å². The van der Waals surface area contributed by atoms with E-state index in [1.165, 1.54) is 0 Å². The monoisotopic (exact) mass is 522 g/mol. The largest absolute Gasteiger partial charge is 0.490 e. The van der Waals surface area contributed by atoms with Gasteiger partial charge in [0.2, 0.25) is 11.8 Å². The fourth-order valence-corrected chi connectivity index (χ4v) is 4.41. The number of likely N-dealkylation sites (N-methyl/N-ethyl adjacent to an activating group) is 1. The minimum absolute atomic E-state index is 0.114. The lowest BCUT2D eigenvalue weighted by Gasteiger charge is -2.31. The van der Waals surface area contributed by atoms with E-state index in [1.54, 1.807) is 18.0 Å². The fourth-order valence-electron chi connectivity index (χ4n) is 4.20. The highest BCUT2D eigenvalue weighted by Crippen LogP contribution is 2.29. The molecule has 1 atom stereocenters. The predicted molar refractivity (Wildman–Crippen MR) is 147 cm³/mol. The molecule has 7 heteroatoms. The minimum Gasteiger partial charge on any atom is -0.490 e. The van der Waals surface area contributed by atoms with E-state index in [4.69, 9.17) is 21.1 Å². The average Bonchev–Trinajstić information content (AvgIpc) is 2.91. The Balaban J connectivity index is 1.86. The molecule has 37 heavy (non-hydrogen) atoms. The molecule has 196 valence electrons. The van der Waals surface area contributed by atoms with Crippen LogP contribution in [0.1, 0.15) is 37.0 Å². The molecule has 1 unspecified atom stereocenters. The molecule has 0 fully saturated rings. The van der Waals surface area contributed by atoms with Crippen molar-refractivity contribution >= 4 is 23.4 Å². The summed E-state index contributed by atoms with van der Waals surface area (Å²) < 4.78 is 11.4. The maximum absolute atomic E-state index is 13.7. The first kappa shape index (κ1) is 28.1. The van der Waals surface area contributed by atoms with E-state index >= 15 is 0 Å². The highest BCUT2D eigenvalue weighted by molar-refractivity contribution is 6.30. The molecular weight excluding hydrogens is 488 g/mol. The van der Waals surface area contributed by atoms with Gasteiger partial charge in [0.1, 0.15) is 6.04 Å². The third kappa shape index (κ3) is 8.25. The molecule has 3 rings (SSSR count). The molecule has 2 amide bonds. The fraction of sp³-hybridized carbons (Fsp3) is 0.333. The number of nitrogens with one attached hydrogen (secondary N) is 1. The zero-order chi connectivity index (χ0) is 26.6. The molecule has 0 saturated heterocycles. The normalized spacial score (nSPS) is 11.5. The third-order valence-corrected chi connectivity index (χ3v) is 6.23. The van der Waals surface area contributed by atoms with Gasteiger partial charge in [0.05, 0.1) is 13.2 Å². The molecule has 0 aliphatic carbocycles. The Hall–Kier alpha value is -3.51. The first-order valence-electron chi connectivity index (χ1n) is 12.6. The van der Waals surface area contributed by atoms with Crippen LogP contribution < -0.4 is 14.8 Å². The summed E-state index contributed by atoms with van der Waals surface area (Å²) in [6, 6.07) is 22.2. The van der Waals surface area contributed by atoms with Crippen molar-refractivity contribution in [2.75, 3.05) is 20.3 Å². The molecule has 0 spiro atoms. The number of halogens is 1. The Kier molecular flexibility index (Phi) is 10.8. The van der Waals surface area contributed by atoms with E-state index in [0.29, 0.717) is 42.6 Å². The maximum atomic E-state index is 13.7. The van der Waals surface area contributed by atoms with E-state index < -0.39 is 6.04 Å². The van der Waals surface area contributed by atoms with Crippen molar-refractivity contribution in [2.24, 2.45) is 0 Å². The first-order valence-corrected chi connectivity index (χ1v) is 13.0. The number of carbonyl (C=O) groups excluding carboxylic acids is 2. The van der Waals surface area contributed by atoms with Gasteiger partial charge in [-0.25, -0.2) is 0 Å². The smallest absolute Gasteiger partial charge is 0.242 e. The van der Waals surface area contributed by atoms with Crippen LogP contribution in [-0.4, -0.2) is 43.0 Å². The minimum atomic E-state index is -0.668. The number of ether oxygens (including phenoxy) is 2. The molecule has 3 aromatic carbocycles. The molecule has 3 aromatic rings. The number of nitrogens with zero attached hydrogens (tertiary/aromatic N) is 1. The third-order valence-electron chi connectivity index (χ3n) is 5.99. The summed E-state index contributed by atoms with van der Waals surface area (Å²) in [5.41, 5.74) is 2.80. The SMILES string of the molecule is CCOc1ccc(CCC(=O)N(Cc2cccc(Cl)c2)C(Cc2ccccc2)C(=O)NC)cc1OCC. The highest BCUT2D eigenvalue weighted by atomic mass is 35.5. The van der Waals surface area contributed by atoms with Crippen molar-refractivity contribution in [3.63, 3.8) is 0 Å². The Morgan fingerprint density at radius 3 is 2.24 bits per heavy atom. The van der Waals surface area contributed by atoms with Crippen LogP contribution in [0.15, 0.2) is 72.8 Å². The van der Waals surface area contributed by atoms with Crippen molar-refractivity contribution in [3.8, 4) is 11.5 Å². The Morgan fingerprint density at radius 1 is 0.865 bits per heavy atom. The van der Waals surface area contributed by atoms with Crippen LogP contribution in [0.2, 0.25) is 5.02 Å². The van der Waals surface area contributed by atoms with E-state index in [2.05, 4.69) is 5.32 Å². The van der Waals surface area contributed by atoms with Gasteiger partial charge in [0.15, 0.2) is 11.5 Å². The first-order chi connectivity index (χ1) is 17.9. The Labute approximate surface area is 224 Å².